The van der Waals surface area contributed by atoms with Gasteiger partial charge < -0.3 is 19.7 Å². The van der Waals surface area contributed by atoms with Crippen LogP contribution in [0.2, 0.25) is 0 Å². The van der Waals surface area contributed by atoms with E-state index in [2.05, 4.69) is 13.8 Å². The normalized spacial score (nSPS) is 12.3. The SMILES string of the molecule is COc1cc(CCC(=O)/C=C/[C@H](Cc2ccc(O)c(OC)c2)C(C)C)ccc1O. The number of aryl methyl sites for hydroxylation is 1. The van der Waals surface area contributed by atoms with Crippen LogP contribution in [-0.4, -0.2) is 30.2 Å². The number of allylic oxidation sites excluding steroid dienone is 2. The lowest BCUT2D eigenvalue weighted by Crippen LogP contribution is -2.10. The fourth-order valence-electron chi connectivity index (χ4n) is 3.11. The van der Waals surface area contributed by atoms with Crippen molar-refractivity contribution in [2.45, 2.75) is 33.1 Å². The van der Waals surface area contributed by atoms with Gasteiger partial charge in [-0.05, 0) is 66.1 Å². The lowest BCUT2D eigenvalue weighted by atomic mass is 9.88. The van der Waals surface area contributed by atoms with Crippen LogP contribution in [0.5, 0.6) is 23.0 Å². The van der Waals surface area contributed by atoms with E-state index in [0.717, 1.165) is 17.5 Å². The standard InChI is InChI=1S/C24H30O5/c1-16(2)19(13-18-7-12-22(27)24(15-18)29-4)8-10-20(25)9-5-17-6-11-21(26)23(14-17)28-3/h6-8,10-12,14-16,19,26-27H,5,9,13H2,1-4H3/b10-8+/t19-/m1/s1. The quantitative estimate of drug-likeness (QED) is 0.568. The molecule has 0 aliphatic carbocycles. The average Bonchev–Trinajstić information content (AvgIpc) is 2.71. The Morgan fingerprint density at radius 3 is 2.07 bits per heavy atom. The van der Waals surface area contributed by atoms with Gasteiger partial charge in [-0.3, -0.25) is 4.79 Å². The van der Waals surface area contributed by atoms with E-state index >= 15 is 0 Å². The molecule has 5 heteroatoms. The third-order valence-corrected chi connectivity index (χ3v) is 5.01. The molecule has 0 aliphatic heterocycles. The maximum Gasteiger partial charge on any atom is 0.160 e. The maximum absolute atomic E-state index is 12.3. The molecule has 0 radical (unpaired) electrons. The van der Waals surface area contributed by atoms with Crippen LogP contribution >= 0.6 is 0 Å². The zero-order chi connectivity index (χ0) is 21.4. The zero-order valence-corrected chi connectivity index (χ0v) is 17.5. The summed E-state index contributed by atoms with van der Waals surface area (Å²) in [6.07, 6.45) is 5.38. The first-order chi connectivity index (χ1) is 13.8. The molecular weight excluding hydrogens is 368 g/mol. The molecule has 0 saturated carbocycles. The van der Waals surface area contributed by atoms with E-state index in [9.17, 15) is 15.0 Å². The van der Waals surface area contributed by atoms with Gasteiger partial charge in [0.25, 0.3) is 0 Å². The van der Waals surface area contributed by atoms with E-state index in [-0.39, 0.29) is 23.2 Å². The molecular formula is C24H30O5. The van der Waals surface area contributed by atoms with Crippen LogP contribution < -0.4 is 9.47 Å². The van der Waals surface area contributed by atoms with Crippen molar-refractivity contribution in [3.8, 4) is 23.0 Å². The predicted octanol–water partition coefficient (Wildman–Crippen LogP) is 4.69. The summed E-state index contributed by atoms with van der Waals surface area (Å²) in [4.78, 5) is 12.3. The lowest BCUT2D eigenvalue weighted by molar-refractivity contribution is -0.114. The summed E-state index contributed by atoms with van der Waals surface area (Å²) >= 11 is 0. The summed E-state index contributed by atoms with van der Waals surface area (Å²) in [5, 5.41) is 19.4. The predicted molar refractivity (Wildman–Crippen MR) is 114 cm³/mol. The van der Waals surface area contributed by atoms with Crippen LogP contribution in [0.1, 0.15) is 31.4 Å². The van der Waals surface area contributed by atoms with E-state index in [0.29, 0.717) is 30.3 Å². The Morgan fingerprint density at radius 1 is 0.966 bits per heavy atom. The molecule has 2 aromatic rings. The summed E-state index contributed by atoms with van der Waals surface area (Å²) in [7, 11) is 3.03. The smallest absolute Gasteiger partial charge is 0.160 e. The molecule has 29 heavy (non-hydrogen) atoms. The van der Waals surface area contributed by atoms with Crippen molar-refractivity contribution in [1.82, 2.24) is 0 Å². The first-order valence-corrected chi connectivity index (χ1v) is 9.76. The van der Waals surface area contributed by atoms with Gasteiger partial charge in [0.05, 0.1) is 14.2 Å². The molecule has 2 N–H and O–H groups in total. The number of carbonyl (C=O) groups excluding carboxylic acids is 1. The van der Waals surface area contributed by atoms with Gasteiger partial charge in [0.1, 0.15) is 0 Å². The van der Waals surface area contributed by atoms with Gasteiger partial charge in [-0.1, -0.05) is 32.1 Å². The van der Waals surface area contributed by atoms with Crippen molar-refractivity contribution in [2.24, 2.45) is 11.8 Å². The van der Waals surface area contributed by atoms with Gasteiger partial charge in [-0.15, -0.1) is 0 Å². The van der Waals surface area contributed by atoms with E-state index in [1.165, 1.54) is 14.2 Å². The second-order valence-corrected chi connectivity index (χ2v) is 7.45. The third kappa shape index (κ3) is 6.56. The first kappa shape index (κ1) is 22.3. The molecule has 0 fully saturated rings. The molecule has 0 aliphatic rings. The number of ketones is 1. The van der Waals surface area contributed by atoms with Crippen LogP contribution in [-0.2, 0) is 17.6 Å². The van der Waals surface area contributed by atoms with E-state index in [1.54, 1.807) is 30.3 Å². The van der Waals surface area contributed by atoms with Gasteiger partial charge in [0.2, 0.25) is 0 Å². The number of hydrogen-bond donors (Lipinski definition) is 2. The van der Waals surface area contributed by atoms with Crippen molar-refractivity contribution in [1.29, 1.82) is 0 Å². The number of ether oxygens (including phenoxy) is 2. The van der Waals surface area contributed by atoms with Crippen LogP contribution in [0.15, 0.2) is 48.6 Å². The topological polar surface area (TPSA) is 76.0 Å². The molecule has 0 saturated heterocycles. The minimum atomic E-state index is 0.0611. The number of phenols is 2. The van der Waals surface area contributed by atoms with E-state index in [1.807, 2.05) is 18.2 Å². The number of methoxy groups -OCH3 is 2. The Bertz CT molecular complexity index is 854. The van der Waals surface area contributed by atoms with Crippen molar-refractivity contribution < 1.29 is 24.5 Å². The van der Waals surface area contributed by atoms with Crippen LogP contribution in [0.3, 0.4) is 0 Å². The van der Waals surface area contributed by atoms with Crippen molar-refractivity contribution in [2.75, 3.05) is 14.2 Å². The molecule has 2 rings (SSSR count). The highest BCUT2D eigenvalue weighted by atomic mass is 16.5. The Balaban J connectivity index is 1.98. The molecule has 1 atom stereocenters. The second-order valence-electron chi connectivity index (χ2n) is 7.45. The van der Waals surface area contributed by atoms with Crippen LogP contribution in [0.25, 0.3) is 0 Å². The average molecular weight is 398 g/mol. The van der Waals surface area contributed by atoms with Gasteiger partial charge in [-0.2, -0.15) is 0 Å². The number of aromatic hydroxyl groups is 2. The number of hydrogen-bond acceptors (Lipinski definition) is 5. The minimum Gasteiger partial charge on any atom is -0.504 e. The van der Waals surface area contributed by atoms with E-state index in [4.69, 9.17) is 9.47 Å². The lowest BCUT2D eigenvalue weighted by Gasteiger charge is -2.17. The number of benzene rings is 2. The van der Waals surface area contributed by atoms with Gasteiger partial charge in [0, 0.05) is 6.42 Å². The Hall–Kier alpha value is -2.95. The Morgan fingerprint density at radius 2 is 1.52 bits per heavy atom. The first-order valence-electron chi connectivity index (χ1n) is 9.76. The Kier molecular flexibility index (Phi) is 8.13. The molecule has 156 valence electrons. The van der Waals surface area contributed by atoms with Crippen molar-refractivity contribution >= 4 is 5.78 Å². The molecule has 2 aromatic carbocycles. The largest absolute Gasteiger partial charge is 0.504 e. The minimum absolute atomic E-state index is 0.0611. The van der Waals surface area contributed by atoms with Crippen LogP contribution in [0.4, 0.5) is 0 Å². The van der Waals surface area contributed by atoms with Gasteiger partial charge in [0.15, 0.2) is 28.8 Å². The molecule has 0 spiro atoms. The summed E-state index contributed by atoms with van der Waals surface area (Å²) in [5.41, 5.74) is 1.99. The fourth-order valence-corrected chi connectivity index (χ4v) is 3.11. The molecule has 0 heterocycles. The van der Waals surface area contributed by atoms with Gasteiger partial charge in [-0.25, -0.2) is 0 Å². The maximum atomic E-state index is 12.3. The molecule has 0 amide bonds. The molecule has 0 bridgehead atoms. The number of carbonyl (C=O) groups is 1. The summed E-state index contributed by atoms with van der Waals surface area (Å²) in [6, 6.07) is 10.5. The summed E-state index contributed by atoms with van der Waals surface area (Å²) in [6.45, 7) is 4.25. The summed E-state index contributed by atoms with van der Waals surface area (Å²) in [5.74, 6) is 1.69. The second kappa shape index (κ2) is 10.6. The number of rotatable bonds is 10. The van der Waals surface area contributed by atoms with Crippen molar-refractivity contribution in [3.05, 3.63) is 59.7 Å². The third-order valence-electron chi connectivity index (χ3n) is 5.01. The summed E-state index contributed by atoms with van der Waals surface area (Å²) < 4.78 is 10.3. The van der Waals surface area contributed by atoms with Gasteiger partial charge >= 0.3 is 0 Å². The molecule has 0 unspecified atom stereocenters. The highest BCUT2D eigenvalue weighted by molar-refractivity contribution is 5.89. The number of phenolic OH excluding ortho intramolecular Hbond substituents is 2. The Labute approximate surface area is 172 Å². The van der Waals surface area contributed by atoms with Crippen LogP contribution in [0, 0.1) is 11.8 Å². The highest BCUT2D eigenvalue weighted by Crippen LogP contribution is 2.29. The molecule has 0 aromatic heterocycles. The highest BCUT2D eigenvalue weighted by Gasteiger charge is 2.13. The zero-order valence-electron chi connectivity index (χ0n) is 17.5. The van der Waals surface area contributed by atoms with Crippen molar-refractivity contribution in [3.63, 3.8) is 0 Å². The van der Waals surface area contributed by atoms with E-state index < -0.39 is 0 Å². The monoisotopic (exact) mass is 398 g/mol. The fraction of sp³-hybridized carbons (Fsp3) is 0.375. The molecule has 5 nitrogen and oxygen atoms in total.